The van der Waals surface area contributed by atoms with E-state index in [-0.39, 0.29) is 0 Å². The SMILES string of the molecule is Cn1c(C=O)ccc1-c1nc2cc(Cl)c(Cl)cc2[nH]1. The van der Waals surface area contributed by atoms with Crippen LogP contribution in [-0.2, 0) is 7.05 Å². The van der Waals surface area contributed by atoms with E-state index in [0.717, 1.165) is 23.0 Å². The van der Waals surface area contributed by atoms with E-state index in [9.17, 15) is 4.79 Å². The van der Waals surface area contributed by atoms with Crippen molar-refractivity contribution in [3.63, 3.8) is 0 Å². The van der Waals surface area contributed by atoms with Crippen LogP contribution in [0.1, 0.15) is 10.5 Å². The molecule has 3 rings (SSSR count). The van der Waals surface area contributed by atoms with Crippen molar-refractivity contribution in [1.29, 1.82) is 0 Å². The maximum absolute atomic E-state index is 10.8. The van der Waals surface area contributed by atoms with Gasteiger partial charge in [0.15, 0.2) is 12.1 Å². The quantitative estimate of drug-likeness (QED) is 0.733. The predicted octanol–water partition coefficient (Wildman–Crippen LogP) is 3.69. The highest BCUT2D eigenvalue weighted by Gasteiger charge is 2.12. The number of fused-ring (bicyclic) bond motifs is 1. The van der Waals surface area contributed by atoms with Crippen molar-refractivity contribution in [1.82, 2.24) is 14.5 Å². The third-order valence-corrected chi connectivity index (χ3v) is 3.77. The molecule has 0 aliphatic rings. The molecule has 96 valence electrons. The molecule has 0 aliphatic carbocycles. The number of nitrogens with one attached hydrogen (secondary N) is 1. The molecule has 1 N–H and O–H groups in total. The standard InChI is InChI=1S/C13H9Cl2N3O/c1-18-7(6-19)2-3-12(18)13-16-10-4-8(14)9(15)5-11(10)17-13/h2-6H,1H3,(H,16,17). The lowest BCUT2D eigenvalue weighted by atomic mass is 10.3. The number of halogens is 2. The molecule has 0 amide bonds. The minimum atomic E-state index is 0.465. The van der Waals surface area contributed by atoms with Gasteiger partial charge in [0.25, 0.3) is 0 Å². The highest BCUT2D eigenvalue weighted by atomic mass is 35.5. The van der Waals surface area contributed by atoms with Gasteiger partial charge >= 0.3 is 0 Å². The van der Waals surface area contributed by atoms with E-state index in [1.54, 1.807) is 22.8 Å². The average Bonchev–Trinajstić information content (AvgIpc) is 2.93. The molecule has 0 saturated heterocycles. The first kappa shape index (κ1) is 12.3. The normalized spacial score (nSPS) is 11.1. The number of rotatable bonds is 2. The zero-order valence-corrected chi connectivity index (χ0v) is 11.5. The summed E-state index contributed by atoms with van der Waals surface area (Å²) >= 11 is 11.9. The van der Waals surface area contributed by atoms with Crippen molar-refractivity contribution in [3.05, 3.63) is 40.0 Å². The molecule has 0 fully saturated rings. The van der Waals surface area contributed by atoms with Crippen LogP contribution >= 0.6 is 23.2 Å². The average molecular weight is 294 g/mol. The summed E-state index contributed by atoms with van der Waals surface area (Å²) in [7, 11) is 1.81. The molecule has 0 spiro atoms. The van der Waals surface area contributed by atoms with Gasteiger partial charge in [0.05, 0.1) is 32.5 Å². The summed E-state index contributed by atoms with van der Waals surface area (Å²) in [4.78, 5) is 18.5. The van der Waals surface area contributed by atoms with Crippen LogP contribution in [0.5, 0.6) is 0 Å². The number of hydrogen-bond donors (Lipinski definition) is 1. The summed E-state index contributed by atoms with van der Waals surface area (Å²) in [6, 6.07) is 7.03. The van der Waals surface area contributed by atoms with Crippen LogP contribution in [0, 0.1) is 0 Å². The number of carbonyl (C=O) groups is 1. The van der Waals surface area contributed by atoms with Gasteiger partial charge in [0.2, 0.25) is 0 Å². The van der Waals surface area contributed by atoms with Gasteiger partial charge in [-0.25, -0.2) is 4.98 Å². The van der Waals surface area contributed by atoms with Crippen molar-refractivity contribution in [2.75, 3.05) is 0 Å². The van der Waals surface area contributed by atoms with Crippen LogP contribution in [-0.4, -0.2) is 20.8 Å². The number of nitrogens with zero attached hydrogens (tertiary/aromatic N) is 2. The molecule has 3 aromatic rings. The molecule has 0 atom stereocenters. The van der Waals surface area contributed by atoms with Crippen molar-refractivity contribution in [2.45, 2.75) is 0 Å². The predicted molar refractivity (Wildman–Crippen MR) is 75.9 cm³/mol. The second-order valence-electron chi connectivity index (χ2n) is 4.19. The highest BCUT2D eigenvalue weighted by molar-refractivity contribution is 6.42. The Kier molecular flexibility index (Phi) is 2.84. The summed E-state index contributed by atoms with van der Waals surface area (Å²) in [6.07, 6.45) is 0.805. The van der Waals surface area contributed by atoms with E-state index in [2.05, 4.69) is 9.97 Å². The van der Waals surface area contributed by atoms with E-state index >= 15 is 0 Å². The largest absolute Gasteiger partial charge is 0.339 e. The summed E-state index contributed by atoms with van der Waals surface area (Å²) < 4.78 is 1.77. The first-order valence-corrected chi connectivity index (χ1v) is 6.32. The van der Waals surface area contributed by atoms with E-state index in [4.69, 9.17) is 23.2 Å². The topological polar surface area (TPSA) is 50.7 Å². The number of imidazole rings is 1. The Bertz CT molecular complexity index is 750. The van der Waals surface area contributed by atoms with E-state index in [1.165, 1.54) is 0 Å². The molecule has 19 heavy (non-hydrogen) atoms. The minimum Gasteiger partial charge on any atom is -0.339 e. The van der Waals surface area contributed by atoms with Crippen molar-refractivity contribution in [3.8, 4) is 11.5 Å². The number of hydrogen-bond acceptors (Lipinski definition) is 2. The van der Waals surface area contributed by atoms with Gasteiger partial charge in [-0.15, -0.1) is 0 Å². The maximum Gasteiger partial charge on any atom is 0.166 e. The number of benzene rings is 1. The van der Waals surface area contributed by atoms with E-state index < -0.39 is 0 Å². The molecule has 0 radical (unpaired) electrons. The first-order valence-electron chi connectivity index (χ1n) is 5.56. The first-order chi connectivity index (χ1) is 9.10. The van der Waals surface area contributed by atoms with Gasteiger partial charge in [-0.2, -0.15) is 0 Å². The fourth-order valence-electron chi connectivity index (χ4n) is 2.01. The van der Waals surface area contributed by atoms with Crippen LogP contribution in [0.2, 0.25) is 10.0 Å². The lowest BCUT2D eigenvalue weighted by Crippen LogP contribution is -1.97. The molecule has 0 saturated carbocycles. The van der Waals surface area contributed by atoms with Gasteiger partial charge in [0.1, 0.15) is 0 Å². The molecular weight excluding hydrogens is 285 g/mol. The van der Waals surface area contributed by atoms with Crippen molar-refractivity contribution < 1.29 is 4.79 Å². The Morgan fingerprint density at radius 1 is 1.26 bits per heavy atom. The molecular formula is C13H9Cl2N3O. The summed E-state index contributed by atoms with van der Waals surface area (Å²) in [5.74, 6) is 0.670. The Morgan fingerprint density at radius 3 is 2.68 bits per heavy atom. The highest BCUT2D eigenvalue weighted by Crippen LogP contribution is 2.29. The third kappa shape index (κ3) is 1.93. The lowest BCUT2D eigenvalue weighted by molar-refractivity contribution is 0.111. The molecule has 6 heteroatoms. The van der Waals surface area contributed by atoms with Crippen molar-refractivity contribution >= 4 is 40.5 Å². The fraction of sp³-hybridized carbons (Fsp3) is 0.0769. The number of carbonyl (C=O) groups excluding carboxylic acids is 1. The lowest BCUT2D eigenvalue weighted by Gasteiger charge is -2.00. The molecule has 4 nitrogen and oxygen atoms in total. The smallest absolute Gasteiger partial charge is 0.166 e. The molecule has 1 aromatic carbocycles. The second kappa shape index (κ2) is 4.40. The van der Waals surface area contributed by atoms with Gasteiger partial charge in [0, 0.05) is 7.05 Å². The maximum atomic E-state index is 10.8. The number of aromatic nitrogens is 3. The Balaban J connectivity index is 2.20. The monoisotopic (exact) mass is 293 g/mol. The van der Waals surface area contributed by atoms with Gasteiger partial charge < -0.3 is 9.55 Å². The number of aromatic amines is 1. The van der Waals surface area contributed by atoms with Gasteiger partial charge in [-0.3, -0.25) is 4.79 Å². The second-order valence-corrected chi connectivity index (χ2v) is 5.00. The van der Waals surface area contributed by atoms with Gasteiger partial charge in [-0.1, -0.05) is 23.2 Å². The Labute approximate surface area is 119 Å². The van der Waals surface area contributed by atoms with Crippen LogP contribution < -0.4 is 0 Å². The Hall–Kier alpha value is -1.78. The molecule has 2 heterocycles. The van der Waals surface area contributed by atoms with Gasteiger partial charge in [-0.05, 0) is 24.3 Å². The van der Waals surface area contributed by atoms with Crippen LogP contribution in [0.25, 0.3) is 22.6 Å². The van der Waals surface area contributed by atoms with Crippen LogP contribution in [0.3, 0.4) is 0 Å². The zero-order valence-electron chi connectivity index (χ0n) is 9.95. The van der Waals surface area contributed by atoms with Crippen LogP contribution in [0.15, 0.2) is 24.3 Å². The van der Waals surface area contributed by atoms with Crippen LogP contribution in [0.4, 0.5) is 0 Å². The summed E-state index contributed by atoms with van der Waals surface area (Å²) in [6.45, 7) is 0. The third-order valence-electron chi connectivity index (χ3n) is 3.05. The molecule has 0 aliphatic heterocycles. The molecule has 0 unspecified atom stereocenters. The minimum absolute atomic E-state index is 0.465. The van der Waals surface area contributed by atoms with E-state index in [1.807, 2.05) is 13.1 Å². The fourth-order valence-corrected chi connectivity index (χ4v) is 2.33. The summed E-state index contributed by atoms with van der Waals surface area (Å²) in [5, 5.41) is 0.942. The number of H-pyrrole nitrogens is 1. The molecule has 2 aromatic heterocycles. The van der Waals surface area contributed by atoms with E-state index in [0.29, 0.717) is 21.6 Å². The summed E-state index contributed by atoms with van der Waals surface area (Å²) in [5.41, 5.74) is 2.95. The zero-order chi connectivity index (χ0) is 13.6. The Morgan fingerprint density at radius 2 is 2.00 bits per heavy atom. The number of aldehydes is 1. The van der Waals surface area contributed by atoms with Crippen molar-refractivity contribution in [2.24, 2.45) is 7.05 Å². The molecule has 0 bridgehead atoms.